The average Bonchev–Trinajstić information content (AvgIpc) is 2.78. The third-order valence-corrected chi connectivity index (χ3v) is 5.83. The third kappa shape index (κ3) is 8.22. The van der Waals surface area contributed by atoms with Crippen molar-refractivity contribution in [3.63, 3.8) is 0 Å². The Hall–Kier alpha value is -3.57. The van der Waals surface area contributed by atoms with E-state index in [-0.39, 0.29) is 12.5 Å². The molecule has 2 rings (SSSR count). The van der Waals surface area contributed by atoms with Crippen LogP contribution in [0.3, 0.4) is 0 Å². The van der Waals surface area contributed by atoms with Crippen LogP contribution in [0.4, 0.5) is 10.5 Å². The Morgan fingerprint density at radius 2 is 1.76 bits per heavy atom. The zero-order valence-corrected chi connectivity index (χ0v) is 23.1. The molecule has 0 bridgehead atoms. The number of para-hydroxylation sites is 1. The minimum atomic E-state index is -1.16. The molecule has 0 aliphatic heterocycles. The summed E-state index contributed by atoms with van der Waals surface area (Å²) in [6, 6.07) is 12.2. The van der Waals surface area contributed by atoms with E-state index < -0.39 is 35.6 Å². The van der Waals surface area contributed by atoms with Gasteiger partial charge in [-0.2, -0.15) is 5.26 Å². The van der Waals surface area contributed by atoms with Gasteiger partial charge in [-0.15, -0.1) is 0 Å². The standard InChI is InChI=1S/C28H35ClN4O4/c1-17(2)22(32-27(36)37-28(5,6)7)26(35)33(15-14-30)24(20-12-8-10-18(3)16-20)25(34)31-23-19(4)11-9-13-21(23)29/h8-13,16-17,22,24H,15H2,1-7H3,(H,31,34)(H,32,36). The van der Waals surface area contributed by atoms with Gasteiger partial charge in [-0.3, -0.25) is 9.59 Å². The summed E-state index contributed by atoms with van der Waals surface area (Å²) in [6.07, 6.45) is -0.764. The van der Waals surface area contributed by atoms with Gasteiger partial charge in [0.15, 0.2) is 0 Å². The maximum Gasteiger partial charge on any atom is 0.408 e. The summed E-state index contributed by atoms with van der Waals surface area (Å²) in [7, 11) is 0. The van der Waals surface area contributed by atoms with Gasteiger partial charge in [-0.05, 0) is 57.7 Å². The Kier molecular flexibility index (Phi) is 10.1. The minimum Gasteiger partial charge on any atom is -0.444 e. The van der Waals surface area contributed by atoms with Gasteiger partial charge in [0.25, 0.3) is 5.91 Å². The number of carbonyl (C=O) groups is 3. The van der Waals surface area contributed by atoms with Crippen molar-refractivity contribution in [2.45, 2.75) is 66.2 Å². The predicted octanol–water partition coefficient (Wildman–Crippen LogP) is 5.54. The Bertz CT molecular complexity index is 1160. The lowest BCUT2D eigenvalue weighted by Gasteiger charge is -2.34. The van der Waals surface area contributed by atoms with Crippen LogP contribution in [0.1, 0.15) is 57.4 Å². The highest BCUT2D eigenvalue weighted by molar-refractivity contribution is 6.34. The number of halogens is 1. The molecule has 3 amide bonds. The van der Waals surface area contributed by atoms with Crippen molar-refractivity contribution >= 4 is 35.2 Å². The van der Waals surface area contributed by atoms with Crippen molar-refractivity contribution in [1.82, 2.24) is 10.2 Å². The maximum absolute atomic E-state index is 13.9. The molecule has 0 aliphatic carbocycles. The molecule has 2 aromatic carbocycles. The summed E-state index contributed by atoms with van der Waals surface area (Å²) in [5.74, 6) is -1.47. The fourth-order valence-electron chi connectivity index (χ4n) is 3.79. The molecule has 37 heavy (non-hydrogen) atoms. The maximum atomic E-state index is 13.9. The molecule has 0 saturated heterocycles. The zero-order valence-electron chi connectivity index (χ0n) is 22.4. The Morgan fingerprint density at radius 3 is 2.30 bits per heavy atom. The first-order chi connectivity index (χ1) is 17.2. The van der Waals surface area contributed by atoms with Crippen LogP contribution in [-0.2, 0) is 14.3 Å². The van der Waals surface area contributed by atoms with Crippen molar-refractivity contribution in [3.8, 4) is 6.07 Å². The number of nitrogens with zero attached hydrogens (tertiary/aromatic N) is 2. The summed E-state index contributed by atoms with van der Waals surface area (Å²) in [5.41, 5.74) is 1.79. The van der Waals surface area contributed by atoms with Crippen LogP contribution in [-0.4, -0.2) is 41.0 Å². The third-order valence-electron chi connectivity index (χ3n) is 5.52. The SMILES string of the molecule is Cc1cccc(C(C(=O)Nc2c(C)cccc2Cl)N(CC#N)C(=O)C(NC(=O)OC(C)(C)C)C(C)C)c1. The molecule has 9 heteroatoms. The van der Waals surface area contributed by atoms with E-state index in [0.717, 1.165) is 11.1 Å². The molecule has 0 saturated carbocycles. The van der Waals surface area contributed by atoms with E-state index in [2.05, 4.69) is 10.6 Å². The number of carbonyl (C=O) groups excluding carboxylic acids is 3. The van der Waals surface area contributed by atoms with Gasteiger partial charge >= 0.3 is 6.09 Å². The molecule has 2 aromatic rings. The van der Waals surface area contributed by atoms with Crippen LogP contribution >= 0.6 is 11.6 Å². The second-order valence-electron chi connectivity index (χ2n) is 10.2. The normalized spacial score (nSPS) is 12.8. The first-order valence-electron chi connectivity index (χ1n) is 12.0. The lowest BCUT2D eigenvalue weighted by Crippen LogP contribution is -2.54. The molecule has 2 unspecified atom stereocenters. The highest BCUT2D eigenvalue weighted by Gasteiger charge is 2.37. The molecule has 0 fully saturated rings. The summed E-state index contributed by atoms with van der Waals surface area (Å²) < 4.78 is 5.34. The lowest BCUT2D eigenvalue weighted by molar-refractivity contribution is -0.140. The molecule has 8 nitrogen and oxygen atoms in total. The topological polar surface area (TPSA) is 112 Å². The van der Waals surface area contributed by atoms with Crippen molar-refractivity contribution in [2.24, 2.45) is 5.92 Å². The fourth-order valence-corrected chi connectivity index (χ4v) is 4.06. The smallest absolute Gasteiger partial charge is 0.408 e. The summed E-state index contributed by atoms with van der Waals surface area (Å²) in [6.45, 7) is 12.0. The van der Waals surface area contributed by atoms with E-state index in [1.54, 1.807) is 77.9 Å². The number of rotatable bonds is 8. The number of anilines is 1. The molecule has 0 aliphatic rings. The van der Waals surface area contributed by atoms with E-state index in [9.17, 15) is 19.6 Å². The number of hydrogen-bond donors (Lipinski definition) is 2. The molecule has 0 aromatic heterocycles. The summed E-state index contributed by atoms with van der Waals surface area (Å²) >= 11 is 6.35. The number of nitrogens with one attached hydrogen (secondary N) is 2. The number of hydrogen-bond acceptors (Lipinski definition) is 5. The van der Waals surface area contributed by atoms with Crippen LogP contribution in [0, 0.1) is 31.1 Å². The quantitative estimate of drug-likeness (QED) is 0.439. The number of ether oxygens (including phenoxy) is 1. The lowest BCUT2D eigenvalue weighted by atomic mass is 9.98. The number of aryl methyl sites for hydroxylation is 2. The van der Waals surface area contributed by atoms with Crippen molar-refractivity contribution in [3.05, 3.63) is 64.2 Å². The second-order valence-corrected chi connectivity index (χ2v) is 10.6. The van der Waals surface area contributed by atoms with Crippen LogP contribution in [0.2, 0.25) is 5.02 Å². The monoisotopic (exact) mass is 526 g/mol. The first kappa shape index (κ1) is 29.7. The molecule has 0 heterocycles. The number of benzene rings is 2. The Labute approximate surface area is 223 Å². The minimum absolute atomic E-state index is 0.348. The van der Waals surface area contributed by atoms with Gasteiger partial charge < -0.3 is 20.3 Å². The first-order valence-corrected chi connectivity index (χ1v) is 12.4. The largest absolute Gasteiger partial charge is 0.444 e. The van der Waals surface area contributed by atoms with Gasteiger partial charge in [0.1, 0.15) is 24.2 Å². The van der Waals surface area contributed by atoms with Crippen LogP contribution in [0.15, 0.2) is 42.5 Å². The predicted molar refractivity (Wildman–Crippen MR) is 144 cm³/mol. The Balaban J connectivity index is 2.54. The molecular formula is C28H35ClN4O4. The van der Waals surface area contributed by atoms with Crippen molar-refractivity contribution in [1.29, 1.82) is 5.26 Å². The highest BCUT2D eigenvalue weighted by atomic mass is 35.5. The summed E-state index contributed by atoms with van der Waals surface area (Å²) in [4.78, 5) is 41.3. The molecule has 2 atom stereocenters. The van der Waals surface area contributed by atoms with Crippen molar-refractivity contribution < 1.29 is 19.1 Å². The van der Waals surface area contributed by atoms with Crippen LogP contribution in [0.25, 0.3) is 0 Å². The number of nitriles is 1. The molecule has 198 valence electrons. The Morgan fingerprint density at radius 1 is 1.11 bits per heavy atom. The highest BCUT2D eigenvalue weighted by Crippen LogP contribution is 2.30. The van der Waals surface area contributed by atoms with Gasteiger partial charge in [-0.1, -0.05) is 67.4 Å². The molecule has 0 radical (unpaired) electrons. The van der Waals surface area contributed by atoms with Crippen LogP contribution < -0.4 is 10.6 Å². The van der Waals surface area contributed by atoms with E-state index in [1.165, 1.54) is 4.90 Å². The fraction of sp³-hybridized carbons (Fsp3) is 0.429. The second kappa shape index (κ2) is 12.6. The molecule has 0 spiro atoms. The van der Waals surface area contributed by atoms with E-state index in [1.807, 2.05) is 19.1 Å². The zero-order chi connectivity index (χ0) is 27.9. The van der Waals surface area contributed by atoms with Gasteiger partial charge in [0.05, 0.1) is 16.8 Å². The number of amides is 3. The van der Waals surface area contributed by atoms with Gasteiger partial charge in [0, 0.05) is 0 Å². The van der Waals surface area contributed by atoms with E-state index in [0.29, 0.717) is 16.3 Å². The summed E-state index contributed by atoms with van der Waals surface area (Å²) in [5, 5.41) is 15.5. The van der Waals surface area contributed by atoms with E-state index >= 15 is 0 Å². The van der Waals surface area contributed by atoms with Gasteiger partial charge in [-0.25, -0.2) is 4.79 Å². The molecular weight excluding hydrogens is 492 g/mol. The molecule has 2 N–H and O–H groups in total. The number of alkyl carbamates (subject to hydrolysis) is 1. The average molecular weight is 527 g/mol. The van der Waals surface area contributed by atoms with E-state index in [4.69, 9.17) is 16.3 Å². The van der Waals surface area contributed by atoms with Crippen molar-refractivity contribution in [2.75, 3.05) is 11.9 Å². The van der Waals surface area contributed by atoms with Gasteiger partial charge in [0.2, 0.25) is 5.91 Å². The van der Waals surface area contributed by atoms with Crippen LogP contribution in [0.5, 0.6) is 0 Å².